The van der Waals surface area contributed by atoms with Crippen LogP contribution in [0.4, 0.5) is 4.79 Å². The number of hydrogen-bond donors (Lipinski definition) is 3. The fraction of sp³-hybridized carbons (Fsp3) is 0.933. The van der Waals surface area contributed by atoms with E-state index in [1.807, 2.05) is 0 Å². The van der Waals surface area contributed by atoms with Crippen LogP contribution in [-0.2, 0) is 0 Å². The lowest BCUT2D eigenvalue weighted by molar-refractivity contribution is 0.161. The minimum atomic E-state index is -0.0833. The van der Waals surface area contributed by atoms with Gasteiger partial charge >= 0.3 is 6.03 Å². The van der Waals surface area contributed by atoms with Crippen molar-refractivity contribution in [3.8, 4) is 0 Å². The normalized spacial score (nSPS) is 25.2. The van der Waals surface area contributed by atoms with Gasteiger partial charge in [-0.25, -0.2) is 4.79 Å². The molecule has 20 heavy (non-hydrogen) atoms. The molecule has 0 aromatic rings. The van der Waals surface area contributed by atoms with Crippen LogP contribution in [0.2, 0.25) is 0 Å². The number of carbonyl (C=O) groups is 1. The summed E-state index contributed by atoms with van der Waals surface area (Å²) in [6.07, 6.45) is 6.90. The van der Waals surface area contributed by atoms with Crippen LogP contribution in [0.1, 0.15) is 45.4 Å². The van der Waals surface area contributed by atoms with Gasteiger partial charge in [-0.15, -0.1) is 0 Å². The van der Waals surface area contributed by atoms with Gasteiger partial charge < -0.3 is 15.7 Å². The van der Waals surface area contributed by atoms with Gasteiger partial charge in [-0.1, -0.05) is 6.42 Å². The van der Waals surface area contributed by atoms with Crippen LogP contribution in [0.5, 0.6) is 0 Å². The van der Waals surface area contributed by atoms with Crippen LogP contribution in [0, 0.1) is 5.92 Å². The van der Waals surface area contributed by atoms with Gasteiger partial charge in [0, 0.05) is 31.8 Å². The zero-order valence-electron chi connectivity index (χ0n) is 12.6. The molecular formula is C15H29N3O2. The minimum Gasteiger partial charge on any atom is -0.396 e. The maximum atomic E-state index is 11.9. The van der Waals surface area contributed by atoms with E-state index < -0.39 is 0 Å². The van der Waals surface area contributed by atoms with E-state index in [0.717, 1.165) is 13.1 Å². The number of hydrogen-bond acceptors (Lipinski definition) is 3. The molecule has 2 rings (SSSR count). The molecule has 2 fully saturated rings. The first-order chi connectivity index (χ1) is 9.70. The van der Waals surface area contributed by atoms with E-state index in [2.05, 4.69) is 22.5 Å². The van der Waals surface area contributed by atoms with E-state index in [9.17, 15) is 4.79 Å². The van der Waals surface area contributed by atoms with Crippen molar-refractivity contribution < 1.29 is 9.90 Å². The van der Waals surface area contributed by atoms with E-state index in [0.29, 0.717) is 24.9 Å². The highest BCUT2D eigenvalue weighted by Gasteiger charge is 2.31. The molecule has 0 bridgehead atoms. The topological polar surface area (TPSA) is 64.6 Å². The third-order valence-electron chi connectivity index (χ3n) is 4.57. The third-order valence-corrected chi connectivity index (χ3v) is 4.57. The summed E-state index contributed by atoms with van der Waals surface area (Å²) in [6.45, 7) is 5.20. The Kier molecular flexibility index (Phi) is 6.10. The molecular weight excluding hydrogens is 254 g/mol. The van der Waals surface area contributed by atoms with Crippen molar-refractivity contribution in [1.29, 1.82) is 0 Å². The number of amides is 2. The lowest BCUT2D eigenvalue weighted by atomic mass is 10.0. The summed E-state index contributed by atoms with van der Waals surface area (Å²) in [5.41, 5.74) is 0. The SMILES string of the molecule is C[C@@H]1CCCCN1CCNC(=O)N[C@@H](CCO)C1CC1. The Balaban J connectivity index is 1.61. The standard InChI is InChI=1S/C15H29N3O2/c1-12-4-2-3-9-18(12)10-8-16-15(20)17-14(7-11-19)13-5-6-13/h12-14,19H,2-11H2,1H3,(H2,16,17,20)/t12-,14+/m1/s1. The number of nitrogens with one attached hydrogen (secondary N) is 2. The van der Waals surface area contributed by atoms with Crippen molar-refractivity contribution in [3.05, 3.63) is 0 Å². The van der Waals surface area contributed by atoms with Crippen LogP contribution in [-0.4, -0.2) is 54.4 Å². The molecule has 3 N–H and O–H groups in total. The first kappa shape index (κ1) is 15.6. The molecule has 116 valence electrons. The van der Waals surface area contributed by atoms with E-state index in [1.165, 1.54) is 32.1 Å². The molecule has 5 nitrogen and oxygen atoms in total. The smallest absolute Gasteiger partial charge is 0.315 e. The van der Waals surface area contributed by atoms with Crippen molar-refractivity contribution >= 4 is 6.03 Å². The van der Waals surface area contributed by atoms with Gasteiger partial charge in [-0.2, -0.15) is 0 Å². The molecule has 0 unspecified atom stereocenters. The summed E-state index contributed by atoms with van der Waals surface area (Å²) >= 11 is 0. The Hall–Kier alpha value is -0.810. The average molecular weight is 283 g/mol. The number of nitrogens with zero attached hydrogens (tertiary/aromatic N) is 1. The largest absolute Gasteiger partial charge is 0.396 e. The second-order valence-corrected chi connectivity index (χ2v) is 6.24. The second-order valence-electron chi connectivity index (χ2n) is 6.24. The molecule has 0 spiro atoms. The highest BCUT2D eigenvalue weighted by molar-refractivity contribution is 5.74. The monoisotopic (exact) mass is 283 g/mol. The van der Waals surface area contributed by atoms with Gasteiger partial charge in [-0.3, -0.25) is 4.90 Å². The Morgan fingerprint density at radius 1 is 1.35 bits per heavy atom. The lowest BCUT2D eigenvalue weighted by Crippen LogP contribution is -2.47. The zero-order chi connectivity index (χ0) is 14.4. The summed E-state index contributed by atoms with van der Waals surface area (Å²) in [6, 6.07) is 0.705. The van der Waals surface area contributed by atoms with E-state index in [1.54, 1.807) is 0 Å². The van der Waals surface area contributed by atoms with Gasteiger partial charge in [0.1, 0.15) is 0 Å². The second kappa shape index (κ2) is 7.84. The Morgan fingerprint density at radius 2 is 2.15 bits per heavy atom. The highest BCUT2D eigenvalue weighted by Crippen LogP contribution is 2.33. The van der Waals surface area contributed by atoms with Gasteiger partial charge in [0.25, 0.3) is 0 Å². The highest BCUT2D eigenvalue weighted by atomic mass is 16.3. The van der Waals surface area contributed by atoms with E-state index in [-0.39, 0.29) is 18.7 Å². The van der Waals surface area contributed by atoms with Crippen molar-refractivity contribution in [2.75, 3.05) is 26.2 Å². The van der Waals surface area contributed by atoms with Gasteiger partial charge in [-0.05, 0) is 51.5 Å². The molecule has 1 aliphatic heterocycles. The Labute approximate surface area is 122 Å². The molecule has 1 heterocycles. The Bertz CT molecular complexity index is 307. The van der Waals surface area contributed by atoms with Crippen molar-refractivity contribution in [3.63, 3.8) is 0 Å². The third kappa shape index (κ3) is 4.94. The van der Waals surface area contributed by atoms with Crippen molar-refractivity contribution in [2.45, 2.75) is 57.5 Å². The average Bonchev–Trinajstić information content (AvgIpc) is 3.25. The van der Waals surface area contributed by atoms with Crippen molar-refractivity contribution in [2.24, 2.45) is 5.92 Å². The molecule has 5 heteroatoms. The molecule has 0 aromatic carbocycles. The number of piperidine rings is 1. The first-order valence-electron chi connectivity index (χ1n) is 8.10. The molecule has 0 radical (unpaired) electrons. The quantitative estimate of drug-likeness (QED) is 0.660. The molecule has 1 saturated carbocycles. The molecule has 0 aromatic heterocycles. The van der Waals surface area contributed by atoms with Gasteiger partial charge in [0.15, 0.2) is 0 Å². The Morgan fingerprint density at radius 3 is 2.80 bits per heavy atom. The zero-order valence-corrected chi connectivity index (χ0v) is 12.6. The molecule has 2 aliphatic rings. The van der Waals surface area contributed by atoms with Crippen LogP contribution in [0.25, 0.3) is 0 Å². The summed E-state index contributed by atoms with van der Waals surface area (Å²) in [4.78, 5) is 14.3. The minimum absolute atomic E-state index is 0.0833. The maximum absolute atomic E-state index is 11.9. The van der Waals surface area contributed by atoms with Crippen LogP contribution < -0.4 is 10.6 Å². The predicted octanol–water partition coefficient (Wildman–Crippen LogP) is 1.32. The number of likely N-dealkylation sites (tertiary alicyclic amines) is 1. The van der Waals surface area contributed by atoms with E-state index in [4.69, 9.17) is 5.11 Å². The summed E-state index contributed by atoms with van der Waals surface area (Å²) in [5.74, 6) is 0.579. The lowest BCUT2D eigenvalue weighted by Gasteiger charge is -2.33. The summed E-state index contributed by atoms with van der Waals surface area (Å²) in [5, 5.41) is 15.0. The van der Waals surface area contributed by atoms with E-state index >= 15 is 0 Å². The fourth-order valence-corrected chi connectivity index (χ4v) is 3.09. The van der Waals surface area contributed by atoms with Crippen molar-refractivity contribution in [1.82, 2.24) is 15.5 Å². The summed E-state index contributed by atoms with van der Waals surface area (Å²) in [7, 11) is 0. The van der Waals surface area contributed by atoms with Crippen LogP contribution in [0.3, 0.4) is 0 Å². The number of aliphatic hydroxyl groups excluding tert-OH is 1. The molecule has 1 saturated heterocycles. The molecule has 2 atom stereocenters. The van der Waals surface area contributed by atoms with Crippen LogP contribution >= 0.6 is 0 Å². The molecule has 1 aliphatic carbocycles. The summed E-state index contributed by atoms with van der Waals surface area (Å²) < 4.78 is 0. The number of rotatable bonds is 7. The fourth-order valence-electron chi connectivity index (χ4n) is 3.09. The van der Waals surface area contributed by atoms with Gasteiger partial charge in [0.05, 0.1) is 0 Å². The van der Waals surface area contributed by atoms with Crippen LogP contribution in [0.15, 0.2) is 0 Å². The number of urea groups is 1. The maximum Gasteiger partial charge on any atom is 0.315 e. The molecule has 2 amide bonds. The predicted molar refractivity (Wildman–Crippen MR) is 79.6 cm³/mol. The van der Waals surface area contributed by atoms with Gasteiger partial charge in [0.2, 0.25) is 0 Å². The number of aliphatic hydroxyl groups is 1. The number of carbonyl (C=O) groups excluding carboxylic acids is 1. The first-order valence-corrected chi connectivity index (χ1v) is 8.10.